The van der Waals surface area contributed by atoms with Gasteiger partial charge >= 0.3 is 0 Å². The third kappa shape index (κ3) is 6.01. The number of hydrogen-bond acceptors (Lipinski definition) is 2. The van der Waals surface area contributed by atoms with Gasteiger partial charge in [0, 0.05) is 12.1 Å². The van der Waals surface area contributed by atoms with Gasteiger partial charge in [-0.05, 0) is 64.5 Å². The second-order valence-electron chi connectivity index (χ2n) is 5.74. The van der Waals surface area contributed by atoms with Crippen LogP contribution in [0.4, 0.5) is 0 Å². The van der Waals surface area contributed by atoms with E-state index in [4.69, 9.17) is 5.73 Å². The number of nitrogens with zero attached hydrogens (tertiary/aromatic N) is 1. The fourth-order valence-electron chi connectivity index (χ4n) is 3.01. The van der Waals surface area contributed by atoms with Gasteiger partial charge in [0.25, 0.3) is 0 Å². The van der Waals surface area contributed by atoms with Crippen LogP contribution in [0.5, 0.6) is 0 Å². The minimum atomic E-state index is 0.470. The molecule has 2 nitrogen and oxygen atoms in total. The maximum absolute atomic E-state index is 6.00. The number of nitrogens with two attached hydrogens (primary N) is 1. The summed E-state index contributed by atoms with van der Waals surface area (Å²) in [6.45, 7) is 8.62. The molecule has 2 N–H and O–H groups in total. The van der Waals surface area contributed by atoms with Crippen LogP contribution >= 0.6 is 0 Å². The molecule has 1 saturated carbocycles. The highest BCUT2D eigenvalue weighted by Gasteiger charge is 2.23. The van der Waals surface area contributed by atoms with E-state index in [2.05, 4.69) is 18.4 Å². The number of hydrogen-bond donors (Lipinski definition) is 1. The van der Waals surface area contributed by atoms with Gasteiger partial charge in [0.2, 0.25) is 0 Å². The van der Waals surface area contributed by atoms with Crippen molar-refractivity contribution in [2.45, 2.75) is 76.8 Å². The summed E-state index contributed by atoms with van der Waals surface area (Å²) < 4.78 is 0. The van der Waals surface area contributed by atoms with E-state index in [9.17, 15) is 0 Å². The first-order valence-electron chi connectivity index (χ1n) is 7.88. The predicted molar refractivity (Wildman–Crippen MR) is 80.8 cm³/mol. The van der Waals surface area contributed by atoms with E-state index in [1.165, 1.54) is 70.9 Å². The topological polar surface area (TPSA) is 29.3 Å². The summed E-state index contributed by atoms with van der Waals surface area (Å²) in [5, 5.41) is 0. The maximum Gasteiger partial charge on any atom is 0.00964 e. The van der Waals surface area contributed by atoms with Crippen molar-refractivity contribution in [3.8, 4) is 0 Å². The van der Waals surface area contributed by atoms with E-state index in [1.807, 2.05) is 6.08 Å². The molecule has 18 heavy (non-hydrogen) atoms. The molecule has 0 saturated heterocycles. The molecule has 1 rings (SSSR count). The second kappa shape index (κ2) is 9.57. The highest BCUT2D eigenvalue weighted by molar-refractivity contribution is 4.81. The zero-order chi connectivity index (χ0) is 13.2. The molecule has 0 aromatic carbocycles. The molecular formula is C16H32N2. The lowest BCUT2D eigenvalue weighted by molar-refractivity contribution is 0.147. The third-order valence-corrected chi connectivity index (χ3v) is 4.12. The first kappa shape index (κ1) is 15.7. The minimum Gasteiger partial charge on any atom is -0.328 e. The largest absolute Gasteiger partial charge is 0.328 e. The Bertz CT molecular complexity index is 207. The Morgan fingerprint density at radius 2 is 1.83 bits per heavy atom. The van der Waals surface area contributed by atoms with Crippen molar-refractivity contribution < 1.29 is 0 Å². The highest BCUT2D eigenvalue weighted by Crippen LogP contribution is 2.22. The normalized spacial score (nSPS) is 24.4. The Morgan fingerprint density at radius 3 is 2.44 bits per heavy atom. The zero-order valence-electron chi connectivity index (χ0n) is 12.2. The van der Waals surface area contributed by atoms with Crippen molar-refractivity contribution in [2.75, 3.05) is 13.1 Å². The summed E-state index contributed by atoms with van der Waals surface area (Å²) >= 11 is 0. The Hall–Kier alpha value is -0.340. The fraction of sp³-hybridized carbons (Fsp3) is 0.875. The van der Waals surface area contributed by atoms with Crippen LogP contribution in [-0.4, -0.2) is 30.1 Å². The third-order valence-electron chi connectivity index (χ3n) is 4.12. The molecule has 0 bridgehead atoms. The van der Waals surface area contributed by atoms with Crippen LogP contribution < -0.4 is 5.73 Å². The highest BCUT2D eigenvalue weighted by atomic mass is 15.1. The molecule has 0 aromatic heterocycles. The smallest absolute Gasteiger partial charge is 0.00964 e. The summed E-state index contributed by atoms with van der Waals surface area (Å²) in [6.07, 6.45) is 13.5. The fourth-order valence-corrected chi connectivity index (χ4v) is 3.01. The van der Waals surface area contributed by atoms with Gasteiger partial charge in [-0.1, -0.05) is 19.4 Å². The molecule has 0 spiro atoms. The van der Waals surface area contributed by atoms with E-state index in [0.717, 1.165) is 6.04 Å². The molecule has 1 aliphatic carbocycles. The van der Waals surface area contributed by atoms with Gasteiger partial charge in [0.1, 0.15) is 0 Å². The molecule has 0 amide bonds. The number of allylic oxidation sites excluding steroid dienone is 1. The predicted octanol–water partition coefficient (Wildman–Crippen LogP) is 3.71. The van der Waals surface area contributed by atoms with Crippen LogP contribution in [-0.2, 0) is 0 Å². The quantitative estimate of drug-likeness (QED) is 0.500. The summed E-state index contributed by atoms with van der Waals surface area (Å²) in [7, 11) is 0. The Kier molecular flexibility index (Phi) is 8.36. The molecule has 0 heterocycles. The average molecular weight is 252 g/mol. The molecule has 0 aromatic rings. The van der Waals surface area contributed by atoms with Gasteiger partial charge < -0.3 is 10.6 Å². The van der Waals surface area contributed by atoms with Crippen LogP contribution in [0.15, 0.2) is 12.7 Å². The van der Waals surface area contributed by atoms with Crippen LogP contribution in [0, 0.1) is 0 Å². The molecule has 0 atom stereocenters. The zero-order valence-corrected chi connectivity index (χ0v) is 12.2. The van der Waals surface area contributed by atoms with Gasteiger partial charge in [-0.2, -0.15) is 0 Å². The Labute approximate surface area is 114 Å². The van der Waals surface area contributed by atoms with Gasteiger partial charge in [-0.3, -0.25) is 0 Å². The van der Waals surface area contributed by atoms with Crippen LogP contribution in [0.1, 0.15) is 64.7 Å². The van der Waals surface area contributed by atoms with Gasteiger partial charge in [-0.15, -0.1) is 6.58 Å². The van der Waals surface area contributed by atoms with Crippen LogP contribution in [0.2, 0.25) is 0 Å². The molecule has 106 valence electrons. The van der Waals surface area contributed by atoms with E-state index < -0.39 is 0 Å². The molecule has 0 radical (unpaired) electrons. The Balaban J connectivity index is 2.23. The SMILES string of the molecule is C=CCCCCCN(CCC)C1CCC(N)CC1. The summed E-state index contributed by atoms with van der Waals surface area (Å²) in [6, 6.07) is 1.28. The lowest BCUT2D eigenvalue weighted by atomic mass is 9.90. The molecule has 0 aliphatic heterocycles. The van der Waals surface area contributed by atoms with Gasteiger partial charge in [0.15, 0.2) is 0 Å². The first-order chi connectivity index (χ1) is 8.77. The first-order valence-corrected chi connectivity index (χ1v) is 7.88. The number of unbranched alkanes of at least 4 members (excludes halogenated alkanes) is 3. The van der Waals surface area contributed by atoms with E-state index in [-0.39, 0.29) is 0 Å². The van der Waals surface area contributed by atoms with Crippen LogP contribution in [0.25, 0.3) is 0 Å². The molecule has 1 fully saturated rings. The second-order valence-corrected chi connectivity index (χ2v) is 5.74. The van der Waals surface area contributed by atoms with Crippen molar-refractivity contribution in [1.82, 2.24) is 4.90 Å². The monoisotopic (exact) mass is 252 g/mol. The van der Waals surface area contributed by atoms with Crippen molar-refractivity contribution in [1.29, 1.82) is 0 Å². The molecule has 2 heteroatoms. The average Bonchev–Trinajstić information content (AvgIpc) is 2.38. The number of rotatable bonds is 9. The van der Waals surface area contributed by atoms with Crippen LogP contribution in [0.3, 0.4) is 0 Å². The van der Waals surface area contributed by atoms with E-state index >= 15 is 0 Å². The van der Waals surface area contributed by atoms with Crippen molar-refractivity contribution in [2.24, 2.45) is 5.73 Å². The lowest BCUT2D eigenvalue weighted by Crippen LogP contribution is -2.41. The van der Waals surface area contributed by atoms with Crippen molar-refractivity contribution in [3.63, 3.8) is 0 Å². The molecular weight excluding hydrogens is 220 g/mol. The van der Waals surface area contributed by atoms with Crippen molar-refractivity contribution >= 4 is 0 Å². The van der Waals surface area contributed by atoms with Gasteiger partial charge in [-0.25, -0.2) is 0 Å². The minimum absolute atomic E-state index is 0.470. The molecule has 0 unspecified atom stereocenters. The molecule has 1 aliphatic rings. The summed E-state index contributed by atoms with van der Waals surface area (Å²) in [5.41, 5.74) is 6.00. The summed E-state index contributed by atoms with van der Waals surface area (Å²) in [4.78, 5) is 2.72. The summed E-state index contributed by atoms with van der Waals surface area (Å²) in [5.74, 6) is 0. The van der Waals surface area contributed by atoms with E-state index in [1.54, 1.807) is 0 Å². The van der Waals surface area contributed by atoms with Gasteiger partial charge in [0.05, 0.1) is 0 Å². The maximum atomic E-state index is 6.00. The lowest BCUT2D eigenvalue weighted by Gasteiger charge is -2.36. The standard InChI is InChI=1S/C16H32N2/c1-3-5-6-7-8-14-18(13-4-2)16-11-9-15(17)10-12-16/h3,15-16H,1,4-14,17H2,2H3. The Morgan fingerprint density at radius 1 is 1.11 bits per heavy atom. The van der Waals surface area contributed by atoms with Crippen molar-refractivity contribution in [3.05, 3.63) is 12.7 Å². The van der Waals surface area contributed by atoms with E-state index in [0.29, 0.717) is 6.04 Å².